The zero-order chi connectivity index (χ0) is 12.7. The molecule has 96 valence electrons. The van der Waals surface area contributed by atoms with Gasteiger partial charge in [-0.05, 0) is 30.0 Å². The van der Waals surface area contributed by atoms with Gasteiger partial charge in [0.15, 0.2) is 0 Å². The molecule has 1 N–H and O–H groups in total. The van der Waals surface area contributed by atoms with Crippen LogP contribution in [0.2, 0.25) is 0 Å². The first-order chi connectivity index (χ1) is 8.21. The molecule has 2 nitrogen and oxygen atoms in total. The normalized spacial score (nSPS) is 12.8. The Morgan fingerprint density at radius 1 is 1.00 bits per heavy atom. The Bertz CT molecular complexity index is 301. The molecule has 0 bridgehead atoms. The molecular formula is C15H24O2. The molecule has 0 heterocycles. The van der Waals surface area contributed by atoms with Crippen molar-refractivity contribution in [3.8, 4) is 5.75 Å². The van der Waals surface area contributed by atoms with Gasteiger partial charge in [-0.2, -0.15) is 0 Å². The third-order valence-electron chi connectivity index (χ3n) is 3.29. The molecule has 1 aromatic carbocycles. The topological polar surface area (TPSA) is 29.5 Å². The maximum atomic E-state index is 9.67. The summed E-state index contributed by atoms with van der Waals surface area (Å²) in [5.41, 5.74) is 0.961. The summed E-state index contributed by atoms with van der Waals surface area (Å²) in [6.45, 7) is 7.14. The maximum absolute atomic E-state index is 9.67. The Labute approximate surface area is 105 Å². The maximum Gasteiger partial charge on any atom is 0.119 e. The summed E-state index contributed by atoms with van der Waals surface area (Å²) in [5.74, 6) is 1.53. The molecule has 0 saturated heterocycles. The minimum Gasteiger partial charge on any atom is -0.493 e. The standard InChI is InChI=1S/C15H24O2/c1-4-12(5-2)11-17-14-9-7-13(8-10-14)15(16)6-3/h7-10,12,15-16H,4-6,11H2,1-3H3. The van der Waals surface area contributed by atoms with E-state index in [1.807, 2.05) is 31.2 Å². The number of aliphatic hydroxyl groups is 1. The summed E-state index contributed by atoms with van der Waals surface area (Å²) in [7, 11) is 0. The highest BCUT2D eigenvalue weighted by atomic mass is 16.5. The summed E-state index contributed by atoms with van der Waals surface area (Å²) in [6, 6.07) is 7.76. The van der Waals surface area contributed by atoms with Crippen molar-refractivity contribution < 1.29 is 9.84 Å². The van der Waals surface area contributed by atoms with Crippen molar-refractivity contribution >= 4 is 0 Å². The summed E-state index contributed by atoms with van der Waals surface area (Å²) in [6.07, 6.45) is 2.70. The summed E-state index contributed by atoms with van der Waals surface area (Å²) in [4.78, 5) is 0. The number of benzene rings is 1. The second-order valence-corrected chi connectivity index (χ2v) is 4.49. The molecule has 1 aromatic rings. The van der Waals surface area contributed by atoms with Crippen LogP contribution in [0.5, 0.6) is 5.75 Å². The number of hydrogen-bond donors (Lipinski definition) is 1. The van der Waals surface area contributed by atoms with Gasteiger partial charge >= 0.3 is 0 Å². The predicted octanol–water partition coefficient (Wildman–Crippen LogP) is 3.95. The molecule has 17 heavy (non-hydrogen) atoms. The van der Waals surface area contributed by atoms with E-state index in [1.54, 1.807) is 0 Å². The van der Waals surface area contributed by atoms with Crippen LogP contribution in [0.1, 0.15) is 51.7 Å². The van der Waals surface area contributed by atoms with Crippen molar-refractivity contribution in [1.82, 2.24) is 0 Å². The van der Waals surface area contributed by atoms with Crippen molar-refractivity contribution in [2.24, 2.45) is 5.92 Å². The lowest BCUT2D eigenvalue weighted by Crippen LogP contribution is -2.10. The van der Waals surface area contributed by atoms with Gasteiger partial charge in [0.1, 0.15) is 5.75 Å². The van der Waals surface area contributed by atoms with Crippen LogP contribution in [0.25, 0.3) is 0 Å². The van der Waals surface area contributed by atoms with E-state index >= 15 is 0 Å². The van der Waals surface area contributed by atoms with Gasteiger partial charge in [-0.1, -0.05) is 45.7 Å². The molecule has 0 aliphatic carbocycles. The van der Waals surface area contributed by atoms with Crippen LogP contribution >= 0.6 is 0 Å². The van der Waals surface area contributed by atoms with E-state index in [4.69, 9.17) is 4.74 Å². The van der Waals surface area contributed by atoms with Gasteiger partial charge in [0.2, 0.25) is 0 Å². The first kappa shape index (κ1) is 14.0. The quantitative estimate of drug-likeness (QED) is 0.777. The lowest BCUT2D eigenvalue weighted by atomic mass is 10.1. The van der Waals surface area contributed by atoms with E-state index in [9.17, 15) is 5.11 Å². The molecule has 0 aliphatic heterocycles. The summed E-state index contributed by atoms with van der Waals surface area (Å²) < 4.78 is 5.74. The van der Waals surface area contributed by atoms with Crippen molar-refractivity contribution in [2.45, 2.75) is 46.1 Å². The second kappa shape index (κ2) is 7.33. The number of ether oxygens (including phenoxy) is 1. The molecule has 1 rings (SSSR count). The molecule has 1 unspecified atom stereocenters. The minimum atomic E-state index is -0.358. The lowest BCUT2D eigenvalue weighted by molar-refractivity contribution is 0.173. The highest BCUT2D eigenvalue weighted by molar-refractivity contribution is 5.28. The van der Waals surface area contributed by atoms with E-state index in [0.717, 1.165) is 37.2 Å². The fourth-order valence-corrected chi connectivity index (χ4v) is 1.76. The molecule has 2 heteroatoms. The van der Waals surface area contributed by atoms with Crippen LogP contribution < -0.4 is 4.74 Å². The fourth-order valence-electron chi connectivity index (χ4n) is 1.76. The zero-order valence-electron chi connectivity index (χ0n) is 11.1. The van der Waals surface area contributed by atoms with Crippen LogP contribution in [0.3, 0.4) is 0 Å². The Morgan fingerprint density at radius 3 is 2.06 bits per heavy atom. The third-order valence-corrected chi connectivity index (χ3v) is 3.29. The van der Waals surface area contributed by atoms with Gasteiger partial charge in [-0.15, -0.1) is 0 Å². The number of aliphatic hydroxyl groups excluding tert-OH is 1. The molecule has 0 radical (unpaired) electrons. The SMILES string of the molecule is CCC(CC)COc1ccc(C(O)CC)cc1. The molecule has 0 saturated carbocycles. The van der Waals surface area contributed by atoms with E-state index < -0.39 is 0 Å². The Hall–Kier alpha value is -1.02. The summed E-state index contributed by atoms with van der Waals surface area (Å²) >= 11 is 0. The van der Waals surface area contributed by atoms with E-state index in [0.29, 0.717) is 5.92 Å². The Kier molecular flexibility index (Phi) is 6.06. The van der Waals surface area contributed by atoms with Crippen molar-refractivity contribution in [3.05, 3.63) is 29.8 Å². The summed E-state index contributed by atoms with van der Waals surface area (Å²) in [5, 5.41) is 9.67. The number of rotatable bonds is 7. The van der Waals surface area contributed by atoms with Gasteiger partial charge in [0.25, 0.3) is 0 Å². The molecule has 0 aliphatic rings. The van der Waals surface area contributed by atoms with Crippen LogP contribution in [-0.2, 0) is 0 Å². The second-order valence-electron chi connectivity index (χ2n) is 4.49. The van der Waals surface area contributed by atoms with Gasteiger partial charge in [-0.25, -0.2) is 0 Å². The largest absolute Gasteiger partial charge is 0.493 e. The van der Waals surface area contributed by atoms with Crippen molar-refractivity contribution in [1.29, 1.82) is 0 Å². The van der Waals surface area contributed by atoms with Gasteiger partial charge < -0.3 is 9.84 Å². The Morgan fingerprint density at radius 2 is 1.59 bits per heavy atom. The molecule has 1 atom stereocenters. The third kappa shape index (κ3) is 4.39. The zero-order valence-corrected chi connectivity index (χ0v) is 11.1. The van der Waals surface area contributed by atoms with Gasteiger partial charge in [0, 0.05) is 0 Å². The van der Waals surface area contributed by atoms with E-state index in [2.05, 4.69) is 13.8 Å². The van der Waals surface area contributed by atoms with Gasteiger partial charge in [0.05, 0.1) is 12.7 Å². The fraction of sp³-hybridized carbons (Fsp3) is 0.600. The predicted molar refractivity (Wildman–Crippen MR) is 71.3 cm³/mol. The molecule has 0 amide bonds. The monoisotopic (exact) mass is 236 g/mol. The van der Waals surface area contributed by atoms with Gasteiger partial charge in [-0.3, -0.25) is 0 Å². The highest BCUT2D eigenvalue weighted by Gasteiger charge is 2.06. The Balaban J connectivity index is 2.50. The van der Waals surface area contributed by atoms with Crippen LogP contribution in [0, 0.1) is 5.92 Å². The smallest absolute Gasteiger partial charge is 0.119 e. The minimum absolute atomic E-state index is 0.358. The molecule has 0 fully saturated rings. The molecule has 0 spiro atoms. The van der Waals surface area contributed by atoms with E-state index in [1.165, 1.54) is 0 Å². The van der Waals surface area contributed by atoms with Crippen molar-refractivity contribution in [2.75, 3.05) is 6.61 Å². The van der Waals surface area contributed by atoms with E-state index in [-0.39, 0.29) is 6.10 Å². The van der Waals surface area contributed by atoms with Crippen LogP contribution in [-0.4, -0.2) is 11.7 Å². The average molecular weight is 236 g/mol. The first-order valence-corrected chi connectivity index (χ1v) is 6.62. The van der Waals surface area contributed by atoms with Crippen LogP contribution in [0.4, 0.5) is 0 Å². The highest BCUT2D eigenvalue weighted by Crippen LogP contribution is 2.20. The van der Waals surface area contributed by atoms with Crippen molar-refractivity contribution in [3.63, 3.8) is 0 Å². The lowest BCUT2D eigenvalue weighted by Gasteiger charge is -2.14. The molecule has 0 aromatic heterocycles. The molecular weight excluding hydrogens is 212 g/mol. The first-order valence-electron chi connectivity index (χ1n) is 6.62. The number of hydrogen-bond acceptors (Lipinski definition) is 2. The van der Waals surface area contributed by atoms with Crippen LogP contribution in [0.15, 0.2) is 24.3 Å². The average Bonchev–Trinajstić information content (AvgIpc) is 2.39.